The van der Waals surface area contributed by atoms with Crippen LogP contribution in [0.2, 0.25) is 0 Å². The van der Waals surface area contributed by atoms with Gasteiger partial charge in [-0.05, 0) is 52.0 Å². The van der Waals surface area contributed by atoms with E-state index in [1.807, 2.05) is 27.7 Å². The van der Waals surface area contributed by atoms with Gasteiger partial charge in [-0.2, -0.15) is 0 Å². The van der Waals surface area contributed by atoms with Crippen molar-refractivity contribution in [3.8, 4) is 0 Å². The predicted molar refractivity (Wildman–Crippen MR) is 98.8 cm³/mol. The normalized spacial score (nSPS) is 10.9. The van der Waals surface area contributed by atoms with Crippen LogP contribution >= 0.6 is 0 Å². The van der Waals surface area contributed by atoms with Gasteiger partial charge < -0.3 is 16.0 Å². The molecule has 1 heterocycles. The number of hydrogen-bond donors (Lipinski definition) is 3. The van der Waals surface area contributed by atoms with Crippen LogP contribution in [0.3, 0.4) is 0 Å². The van der Waals surface area contributed by atoms with Crippen molar-refractivity contribution >= 4 is 29.1 Å². The highest BCUT2D eigenvalue weighted by atomic mass is 16.2. The van der Waals surface area contributed by atoms with E-state index in [-0.39, 0.29) is 23.0 Å². The standard InChI is InChI=1S/C18H23N5O2/c1-11-9-15(22-17(19-11)23-18(3,4)5)16(25)21-14-8-6-7-13(10-14)20-12(2)24/h6-10H,1-5H3,(H,20,24)(H,21,25)(H,19,22,23). The van der Waals surface area contributed by atoms with Gasteiger partial charge in [0, 0.05) is 29.5 Å². The Morgan fingerprint density at radius 2 is 1.64 bits per heavy atom. The Kier molecular flexibility index (Phi) is 5.36. The van der Waals surface area contributed by atoms with E-state index in [4.69, 9.17) is 0 Å². The topological polar surface area (TPSA) is 96.0 Å². The van der Waals surface area contributed by atoms with E-state index >= 15 is 0 Å². The monoisotopic (exact) mass is 341 g/mol. The molecule has 1 aromatic heterocycles. The van der Waals surface area contributed by atoms with Crippen molar-refractivity contribution in [3.05, 3.63) is 41.7 Å². The summed E-state index contributed by atoms with van der Waals surface area (Å²) in [4.78, 5) is 32.2. The van der Waals surface area contributed by atoms with E-state index in [0.717, 1.165) is 0 Å². The first-order valence-electron chi connectivity index (χ1n) is 7.95. The number of nitrogens with zero attached hydrogens (tertiary/aromatic N) is 2. The van der Waals surface area contributed by atoms with Crippen LogP contribution in [0.25, 0.3) is 0 Å². The maximum absolute atomic E-state index is 12.5. The van der Waals surface area contributed by atoms with Crippen LogP contribution < -0.4 is 16.0 Å². The average molecular weight is 341 g/mol. The molecule has 0 aliphatic rings. The van der Waals surface area contributed by atoms with Gasteiger partial charge in [0.25, 0.3) is 5.91 Å². The van der Waals surface area contributed by atoms with E-state index in [9.17, 15) is 9.59 Å². The Morgan fingerprint density at radius 1 is 1.00 bits per heavy atom. The molecule has 0 aliphatic heterocycles. The molecule has 0 aliphatic carbocycles. The number of amides is 2. The molecule has 3 N–H and O–H groups in total. The summed E-state index contributed by atoms with van der Waals surface area (Å²) in [6, 6.07) is 8.55. The quantitative estimate of drug-likeness (QED) is 0.793. The molecule has 0 atom stereocenters. The molecule has 2 rings (SSSR count). The first-order chi connectivity index (χ1) is 11.6. The number of hydrogen-bond acceptors (Lipinski definition) is 5. The molecule has 132 valence electrons. The van der Waals surface area contributed by atoms with E-state index in [1.54, 1.807) is 30.3 Å². The summed E-state index contributed by atoms with van der Waals surface area (Å²) < 4.78 is 0. The molecule has 0 bridgehead atoms. The van der Waals surface area contributed by atoms with Crippen LogP contribution in [0.4, 0.5) is 17.3 Å². The summed E-state index contributed by atoms with van der Waals surface area (Å²) in [5.41, 5.74) is 1.92. The highest BCUT2D eigenvalue weighted by Gasteiger charge is 2.15. The first kappa shape index (κ1) is 18.4. The number of aryl methyl sites for hydroxylation is 1. The third kappa shape index (κ3) is 5.87. The molecular formula is C18H23N5O2. The van der Waals surface area contributed by atoms with Crippen LogP contribution in [0.5, 0.6) is 0 Å². The molecule has 2 amide bonds. The van der Waals surface area contributed by atoms with Crippen molar-refractivity contribution in [3.63, 3.8) is 0 Å². The molecule has 0 saturated heterocycles. The number of carbonyl (C=O) groups excluding carboxylic acids is 2. The van der Waals surface area contributed by atoms with Crippen molar-refractivity contribution in [2.24, 2.45) is 0 Å². The molecule has 7 nitrogen and oxygen atoms in total. The van der Waals surface area contributed by atoms with Gasteiger partial charge in [-0.25, -0.2) is 9.97 Å². The van der Waals surface area contributed by atoms with Gasteiger partial charge >= 0.3 is 0 Å². The molecule has 2 aromatic rings. The molecular weight excluding hydrogens is 318 g/mol. The fourth-order valence-electron chi connectivity index (χ4n) is 2.15. The zero-order valence-corrected chi connectivity index (χ0v) is 15.1. The average Bonchev–Trinajstić information content (AvgIpc) is 2.44. The smallest absolute Gasteiger partial charge is 0.274 e. The van der Waals surface area contributed by atoms with E-state index in [0.29, 0.717) is 23.0 Å². The number of benzene rings is 1. The molecule has 1 aromatic carbocycles. The zero-order chi connectivity index (χ0) is 18.6. The van der Waals surface area contributed by atoms with Crippen molar-refractivity contribution in [1.82, 2.24) is 9.97 Å². The number of aromatic nitrogens is 2. The lowest BCUT2D eigenvalue weighted by Crippen LogP contribution is -2.28. The molecule has 0 saturated carbocycles. The maximum Gasteiger partial charge on any atom is 0.274 e. The molecule has 25 heavy (non-hydrogen) atoms. The molecule has 7 heteroatoms. The van der Waals surface area contributed by atoms with Crippen LogP contribution in [-0.4, -0.2) is 27.3 Å². The second-order valence-electron chi connectivity index (χ2n) is 6.81. The van der Waals surface area contributed by atoms with Gasteiger partial charge in [0.05, 0.1) is 0 Å². The van der Waals surface area contributed by atoms with Crippen LogP contribution in [0.15, 0.2) is 30.3 Å². The minimum atomic E-state index is -0.345. The second kappa shape index (κ2) is 7.29. The van der Waals surface area contributed by atoms with E-state index in [2.05, 4.69) is 25.9 Å². The minimum absolute atomic E-state index is 0.173. The Hall–Kier alpha value is -2.96. The Balaban J connectivity index is 2.19. The lowest BCUT2D eigenvalue weighted by Gasteiger charge is -2.20. The summed E-state index contributed by atoms with van der Waals surface area (Å²) in [7, 11) is 0. The SMILES string of the molecule is CC(=O)Nc1cccc(NC(=O)c2cc(C)nc(NC(C)(C)C)n2)c1. The highest BCUT2D eigenvalue weighted by molar-refractivity contribution is 6.03. The maximum atomic E-state index is 12.5. The Bertz CT molecular complexity index is 796. The molecule has 0 fully saturated rings. The number of carbonyl (C=O) groups is 2. The fraction of sp³-hybridized carbons (Fsp3) is 0.333. The fourth-order valence-corrected chi connectivity index (χ4v) is 2.15. The summed E-state index contributed by atoms with van der Waals surface area (Å²) in [6.07, 6.45) is 0. The number of anilines is 3. The number of rotatable bonds is 4. The summed E-state index contributed by atoms with van der Waals surface area (Å²) in [5.74, 6) is -0.111. The largest absolute Gasteiger partial charge is 0.350 e. The summed E-state index contributed by atoms with van der Waals surface area (Å²) in [5, 5.41) is 8.62. The highest BCUT2D eigenvalue weighted by Crippen LogP contribution is 2.17. The molecule has 0 unspecified atom stereocenters. The second-order valence-corrected chi connectivity index (χ2v) is 6.81. The van der Waals surface area contributed by atoms with Gasteiger partial charge in [-0.15, -0.1) is 0 Å². The van der Waals surface area contributed by atoms with Crippen molar-refractivity contribution in [2.75, 3.05) is 16.0 Å². The first-order valence-corrected chi connectivity index (χ1v) is 7.95. The van der Waals surface area contributed by atoms with Crippen LogP contribution in [-0.2, 0) is 4.79 Å². The van der Waals surface area contributed by atoms with E-state index < -0.39 is 0 Å². The molecule has 0 radical (unpaired) electrons. The lowest BCUT2D eigenvalue weighted by molar-refractivity contribution is -0.114. The van der Waals surface area contributed by atoms with Crippen molar-refractivity contribution < 1.29 is 9.59 Å². The van der Waals surface area contributed by atoms with Crippen molar-refractivity contribution in [1.29, 1.82) is 0 Å². The predicted octanol–water partition coefficient (Wildman–Crippen LogP) is 3.21. The van der Waals surface area contributed by atoms with Gasteiger partial charge in [0.1, 0.15) is 5.69 Å². The third-order valence-corrected chi connectivity index (χ3v) is 3.01. The van der Waals surface area contributed by atoms with Gasteiger partial charge in [0.15, 0.2) is 0 Å². The van der Waals surface area contributed by atoms with Gasteiger partial charge in [-0.1, -0.05) is 6.07 Å². The minimum Gasteiger partial charge on any atom is -0.350 e. The van der Waals surface area contributed by atoms with E-state index in [1.165, 1.54) is 6.92 Å². The van der Waals surface area contributed by atoms with Gasteiger partial charge in [0.2, 0.25) is 11.9 Å². The summed E-state index contributed by atoms with van der Waals surface area (Å²) >= 11 is 0. The Labute approximate surface area is 147 Å². The summed E-state index contributed by atoms with van der Waals surface area (Å²) in [6.45, 7) is 9.21. The van der Waals surface area contributed by atoms with Crippen LogP contribution in [0, 0.1) is 6.92 Å². The van der Waals surface area contributed by atoms with Crippen LogP contribution in [0.1, 0.15) is 43.9 Å². The lowest BCUT2D eigenvalue weighted by atomic mass is 10.1. The van der Waals surface area contributed by atoms with Crippen molar-refractivity contribution in [2.45, 2.75) is 40.2 Å². The van der Waals surface area contributed by atoms with Gasteiger partial charge in [-0.3, -0.25) is 9.59 Å². The number of nitrogens with one attached hydrogen (secondary N) is 3. The zero-order valence-electron chi connectivity index (χ0n) is 15.1. The third-order valence-electron chi connectivity index (χ3n) is 3.01. The molecule has 0 spiro atoms. The Morgan fingerprint density at radius 3 is 2.24 bits per heavy atom.